The van der Waals surface area contributed by atoms with Crippen LogP contribution in [0.1, 0.15) is 21.5 Å². The number of rotatable bonds is 3. The molecule has 7 heteroatoms. The Bertz CT molecular complexity index is 1160. The Kier molecular flexibility index (Phi) is 5.10. The zero-order valence-corrected chi connectivity index (χ0v) is 16.0. The number of carbonyl (C=O) groups excluding carboxylic acids is 2. The van der Waals surface area contributed by atoms with Gasteiger partial charge in [0.25, 0.3) is 11.8 Å². The fraction of sp³-hybridized carbons (Fsp3) is 0.0870. The van der Waals surface area contributed by atoms with Gasteiger partial charge >= 0.3 is 0 Å². The van der Waals surface area contributed by atoms with Crippen LogP contribution < -0.4 is 10.2 Å². The van der Waals surface area contributed by atoms with Crippen molar-refractivity contribution < 1.29 is 18.4 Å². The number of amides is 2. The van der Waals surface area contributed by atoms with Gasteiger partial charge in [-0.15, -0.1) is 0 Å². The van der Waals surface area contributed by atoms with Gasteiger partial charge in [-0.1, -0.05) is 30.3 Å². The number of fused-ring (bicyclic) bond motifs is 1. The predicted octanol–water partition coefficient (Wildman–Crippen LogP) is 3.53. The van der Waals surface area contributed by atoms with Crippen LogP contribution in [-0.4, -0.2) is 30.7 Å². The lowest BCUT2D eigenvalue weighted by Crippen LogP contribution is -2.46. The van der Waals surface area contributed by atoms with E-state index in [9.17, 15) is 18.4 Å². The minimum atomic E-state index is -1.28. The van der Waals surface area contributed by atoms with Crippen molar-refractivity contribution in [3.05, 3.63) is 101 Å². The fourth-order valence-electron chi connectivity index (χ4n) is 3.29. The molecule has 1 unspecified atom stereocenters. The van der Waals surface area contributed by atoms with Gasteiger partial charge in [0.2, 0.25) is 6.17 Å². The van der Waals surface area contributed by atoms with Crippen LogP contribution in [0.2, 0.25) is 0 Å². The molecular weight excluding hydrogens is 388 g/mol. The lowest BCUT2D eigenvalue weighted by Gasteiger charge is -2.20. The lowest BCUT2D eigenvalue weighted by atomic mass is 10.00. The second kappa shape index (κ2) is 7.87. The van der Waals surface area contributed by atoms with Crippen molar-refractivity contribution in [1.29, 1.82) is 0 Å². The third kappa shape index (κ3) is 3.57. The number of carbonyl (C=O) groups is 2. The molecule has 0 spiro atoms. The highest BCUT2D eigenvalue weighted by atomic mass is 19.1. The second-order valence-corrected chi connectivity index (χ2v) is 6.75. The highest BCUT2D eigenvalue weighted by Gasteiger charge is 2.31. The Hall–Kier alpha value is -3.87. The van der Waals surface area contributed by atoms with Crippen LogP contribution in [0.15, 0.2) is 77.8 Å². The molecule has 0 aromatic heterocycles. The summed E-state index contributed by atoms with van der Waals surface area (Å²) in [5.74, 6) is -2.05. The molecule has 30 heavy (non-hydrogen) atoms. The number of nitrogens with one attached hydrogen (secondary N) is 1. The smallest absolute Gasteiger partial charge is 0.272 e. The predicted molar refractivity (Wildman–Crippen MR) is 110 cm³/mol. The van der Waals surface area contributed by atoms with Gasteiger partial charge in [-0.3, -0.25) is 9.59 Å². The molecule has 0 saturated carbocycles. The molecule has 0 fully saturated rings. The van der Waals surface area contributed by atoms with E-state index in [0.717, 1.165) is 12.1 Å². The van der Waals surface area contributed by atoms with Gasteiger partial charge in [0.15, 0.2) is 0 Å². The molecule has 0 aliphatic carbocycles. The van der Waals surface area contributed by atoms with Gasteiger partial charge in [0.1, 0.15) is 11.6 Å². The minimum absolute atomic E-state index is 0.177. The van der Waals surface area contributed by atoms with Crippen LogP contribution in [-0.2, 0) is 4.79 Å². The molecule has 0 bridgehead atoms. The number of nitrogens with zero attached hydrogens (tertiary/aromatic N) is 2. The maximum absolute atomic E-state index is 14.6. The Morgan fingerprint density at radius 2 is 1.57 bits per heavy atom. The molecule has 3 aromatic rings. The first kappa shape index (κ1) is 19.4. The maximum Gasteiger partial charge on any atom is 0.272 e. The molecule has 1 aliphatic heterocycles. The van der Waals surface area contributed by atoms with Crippen molar-refractivity contribution in [2.24, 2.45) is 4.99 Å². The van der Waals surface area contributed by atoms with E-state index in [0.29, 0.717) is 11.3 Å². The van der Waals surface area contributed by atoms with Gasteiger partial charge in [0.05, 0.1) is 11.4 Å². The van der Waals surface area contributed by atoms with Crippen LogP contribution >= 0.6 is 0 Å². The summed E-state index contributed by atoms with van der Waals surface area (Å²) in [6.45, 7) is 0. The largest absolute Gasteiger partial charge is 0.322 e. The summed E-state index contributed by atoms with van der Waals surface area (Å²) in [6.07, 6.45) is -1.28. The number of halogens is 2. The second-order valence-electron chi connectivity index (χ2n) is 6.75. The van der Waals surface area contributed by atoms with Crippen LogP contribution in [0.3, 0.4) is 0 Å². The summed E-state index contributed by atoms with van der Waals surface area (Å²) in [7, 11) is 1.57. The normalized spacial score (nSPS) is 15.8. The van der Waals surface area contributed by atoms with Crippen molar-refractivity contribution >= 4 is 23.2 Å². The molecule has 0 saturated heterocycles. The molecule has 2 amide bonds. The first-order valence-electron chi connectivity index (χ1n) is 9.22. The van der Waals surface area contributed by atoms with Crippen molar-refractivity contribution in [2.75, 3.05) is 11.9 Å². The molecule has 0 radical (unpaired) electrons. The van der Waals surface area contributed by atoms with Crippen molar-refractivity contribution in [3.63, 3.8) is 0 Å². The number of benzene rings is 3. The monoisotopic (exact) mass is 405 g/mol. The first-order chi connectivity index (χ1) is 14.5. The summed E-state index contributed by atoms with van der Waals surface area (Å²) in [4.78, 5) is 31.5. The summed E-state index contributed by atoms with van der Waals surface area (Å²) < 4.78 is 27.7. The van der Waals surface area contributed by atoms with Gasteiger partial charge in [-0.2, -0.15) is 0 Å². The Balaban J connectivity index is 1.80. The molecule has 150 valence electrons. The van der Waals surface area contributed by atoms with Gasteiger partial charge in [-0.05, 0) is 42.5 Å². The Morgan fingerprint density at radius 3 is 2.27 bits per heavy atom. The summed E-state index contributed by atoms with van der Waals surface area (Å²) in [5, 5.41) is 2.57. The van der Waals surface area contributed by atoms with Crippen LogP contribution in [0, 0.1) is 11.6 Å². The van der Waals surface area contributed by atoms with Gasteiger partial charge in [-0.25, -0.2) is 13.8 Å². The first-order valence-corrected chi connectivity index (χ1v) is 9.22. The van der Waals surface area contributed by atoms with E-state index in [2.05, 4.69) is 10.3 Å². The number of anilines is 1. The van der Waals surface area contributed by atoms with Crippen LogP contribution in [0.4, 0.5) is 14.5 Å². The van der Waals surface area contributed by atoms with Crippen molar-refractivity contribution in [2.45, 2.75) is 6.17 Å². The molecule has 1 heterocycles. The van der Waals surface area contributed by atoms with E-state index in [1.165, 1.54) is 23.1 Å². The van der Waals surface area contributed by atoms with E-state index in [4.69, 9.17) is 0 Å². The maximum atomic E-state index is 14.6. The fourth-order valence-corrected chi connectivity index (χ4v) is 3.29. The standard InChI is InChI=1S/C23H17F2N3O2/c1-28-19-9-5-3-7-17(19)20(16-6-2-4-8-18(16)25)26-21(23(28)30)27-22(29)14-10-12-15(24)13-11-14/h2-13,21H,1H3,(H,27,29). The lowest BCUT2D eigenvalue weighted by molar-refractivity contribution is -0.119. The zero-order chi connectivity index (χ0) is 21.3. The number of hydrogen-bond donors (Lipinski definition) is 1. The van der Waals surface area contributed by atoms with Gasteiger partial charge in [0, 0.05) is 23.7 Å². The quantitative estimate of drug-likeness (QED) is 0.725. The molecule has 1 atom stereocenters. The molecule has 1 aliphatic rings. The summed E-state index contributed by atoms with van der Waals surface area (Å²) in [6, 6.07) is 18.0. The van der Waals surface area contributed by atoms with Crippen molar-refractivity contribution in [3.8, 4) is 0 Å². The summed E-state index contributed by atoms with van der Waals surface area (Å²) >= 11 is 0. The molecule has 3 aromatic carbocycles. The third-order valence-electron chi connectivity index (χ3n) is 4.85. The summed E-state index contributed by atoms with van der Waals surface area (Å²) in [5.41, 5.74) is 1.76. The number of para-hydroxylation sites is 1. The molecular formula is C23H17F2N3O2. The molecule has 1 N–H and O–H groups in total. The number of benzodiazepines with no additional fused rings is 1. The van der Waals surface area contributed by atoms with Crippen LogP contribution in [0.5, 0.6) is 0 Å². The zero-order valence-electron chi connectivity index (χ0n) is 16.0. The SMILES string of the molecule is CN1C(=O)C(NC(=O)c2ccc(F)cc2)N=C(c2ccccc2F)c2ccccc21. The van der Waals surface area contributed by atoms with E-state index < -0.39 is 29.6 Å². The van der Waals surface area contributed by atoms with Crippen LogP contribution in [0.25, 0.3) is 0 Å². The molecule has 4 rings (SSSR count). The highest BCUT2D eigenvalue weighted by molar-refractivity contribution is 6.20. The van der Waals surface area contributed by atoms with Gasteiger partial charge < -0.3 is 10.2 Å². The number of hydrogen-bond acceptors (Lipinski definition) is 3. The highest BCUT2D eigenvalue weighted by Crippen LogP contribution is 2.28. The van der Waals surface area contributed by atoms with E-state index in [1.807, 2.05) is 0 Å². The Morgan fingerprint density at radius 1 is 0.933 bits per heavy atom. The average molecular weight is 405 g/mol. The van der Waals surface area contributed by atoms with Crippen molar-refractivity contribution in [1.82, 2.24) is 5.32 Å². The Labute approximate surface area is 171 Å². The topological polar surface area (TPSA) is 61.8 Å². The number of aliphatic imine (C=N–C) groups is 1. The average Bonchev–Trinajstić information content (AvgIpc) is 2.85. The third-order valence-corrected chi connectivity index (χ3v) is 4.85. The van der Waals surface area contributed by atoms with E-state index in [-0.39, 0.29) is 16.8 Å². The number of likely N-dealkylation sites (N-methyl/N-ethyl adjacent to an activating group) is 1. The minimum Gasteiger partial charge on any atom is -0.322 e. The van der Waals surface area contributed by atoms with E-state index in [1.54, 1.807) is 49.5 Å². The van der Waals surface area contributed by atoms with E-state index >= 15 is 0 Å². The molecule has 5 nitrogen and oxygen atoms in total.